The van der Waals surface area contributed by atoms with Gasteiger partial charge in [0.2, 0.25) is 0 Å². The summed E-state index contributed by atoms with van der Waals surface area (Å²) in [7, 11) is 0. The van der Waals surface area contributed by atoms with Crippen molar-refractivity contribution >= 4 is 22.6 Å². The average molecular weight is 292 g/mol. The fourth-order valence-corrected chi connectivity index (χ4v) is 2.95. The van der Waals surface area contributed by atoms with Gasteiger partial charge < -0.3 is 9.47 Å². The van der Waals surface area contributed by atoms with E-state index in [0.717, 1.165) is 36.7 Å². The Balaban J connectivity index is 1.93. The van der Waals surface area contributed by atoms with Crippen LogP contribution < -0.4 is 0 Å². The predicted octanol–water partition coefficient (Wildman–Crippen LogP) is 3.91. The normalized spacial score (nSPS) is 15.4. The van der Waals surface area contributed by atoms with E-state index in [0.29, 0.717) is 5.92 Å². The molecular formula is C16H22ClN3. The maximum atomic E-state index is 6.16. The lowest BCUT2D eigenvalue weighted by atomic mass is 10.3. The van der Waals surface area contributed by atoms with Crippen molar-refractivity contribution in [1.82, 2.24) is 14.5 Å². The minimum atomic E-state index is 0.665. The number of halogens is 1. The molecule has 0 radical (unpaired) electrons. The first-order chi connectivity index (χ1) is 9.72. The van der Waals surface area contributed by atoms with Crippen LogP contribution in [0.4, 0.5) is 0 Å². The summed E-state index contributed by atoms with van der Waals surface area (Å²) in [4.78, 5) is 7.28. The zero-order valence-corrected chi connectivity index (χ0v) is 13.0. The van der Waals surface area contributed by atoms with Crippen molar-refractivity contribution in [2.45, 2.75) is 39.2 Å². The Morgan fingerprint density at radius 3 is 2.70 bits per heavy atom. The van der Waals surface area contributed by atoms with E-state index < -0.39 is 0 Å². The highest BCUT2D eigenvalue weighted by molar-refractivity contribution is 6.31. The molecule has 0 aliphatic heterocycles. The fraction of sp³-hybridized carbons (Fsp3) is 0.562. The molecule has 0 atom stereocenters. The highest BCUT2D eigenvalue weighted by Crippen LogP contribution is 2.40. The molecule has 1 saturated carbocycles. The van der Waals surface area contributed by atoms with E-state index >= 15 is 0 Å². The van der Waals surface area contributed by atoms with Crippen LogP contribution >= 0.6 is 11.6 Å². The molecule has 1 aliphatic rings. The molecule has 0 amide bonds. The number of rotatable bonds is 6. The number of likely N-dealkylation sites (N-methyl/N-ethyl adjacent to an activating group) is 1. The van der Waals surface area contributed by atoms with Crippen LogP contribution in [0, 0.1) is 0 Å². The quantitative estimate of drug-likeness (QED) is 0.804. The molecule has 1 aliphatic carbocycles. The molecule has 1 aromatic heterocycles. The second-order valence-electron chi connectivity index (χ2n) is 5.56. The molecule has 1 heterocycles. The van der Waals surface area contributed by atoms with Crippen molar-refractivity contribution < 1.29 is 0 Å². The molecule has 0 saturated heterocycles. The summed E-state index contributed by atoms with van der Waals surface area (Å²) in [6.45, 7) is 8.71. The first-order valence-electron chi connectivity index (χ1n) is 7.61. The molecule has 2 aromatic rings. The van der Waals surface area contributed by atoms with Crippen LogP contribution in [0.3, 0.4) is 0 Å². The first-order valence-corrected chi connectivity index (χ1v) is 7.98. The third-order valence-electron chi connectivity index (χ3n) is 4.22. The summed E-state index contributed by atoms with van der Waals surface area (Å²) < 4.78 is 2.39. The van der Waals surface area contributed by atoms with E-state index in [9.17, 15) is 0 Å². The van der Waals surface area contributed by atoms with Crippen LogP contribution in [0.1, 0.15) is 38.4 Å². The molecule has 3 nitrogen and oxygen atoms in total. The number of aromatic nitrogens is 2. The number of imidazole rings is 1. The highest BCUT2D eigenvalue weighted by atomic mass is 35.5. The van der Waals surface area contributed by atoms with Crippen LogP contribution in [0.5, 0.6) is 0 Å². The van der Waals surface area contributed by atoms with Gasteiger partial charge in [-0.15, -0.1) is 0 Å². The van der Waals surface area contributed by atoms with Crippen molar-refractivity contribution in [3.05, 3.63) is 29.0 Å². The van der Waals surface area contributed by atoms with Gasteiger partial charge in [0.25, 0.3) is 0 Å². The number of hydrogen-bond acceptors (Lipinski definition) is 2. The largest absolute Gasteiger partial charge is 0.326 e. The van der Waals surface area contributed by atoms with E-state index in [1.54, 1.807) is 0 Å². The number of hydrogen-bond donors (Lipinski definition) is 0. The lowest BCUT2D eigenvalue weighted by Gasteiger charge is -2.19. The van der Waals surface area contributed by atoms with Crippen LogP contribution in [0.15, 0.2) is 18.2 Å². The summed E-state index contributed by atoms with van der Waals surface area (Å²) in [6, 6.07) is 6.03. The predicted molar refractivity (Wildman–Crippen MR) is 84.5 cm³/mol. The van der Waals surface area contributed by atoms with Gasteiger partial charge in [0.15, 0.2) is 0 Å². The van der Waals surface area contributed by atoms with E-state index in [1.165, 1.54) is 24.2 Å². The van der Waals surface area contributed by atoms with Crippen molar-refractivity contribution in [3.8, 4) is 0 Å². The summed E-state index contributed by atoms with van der Waals surface area (Å²) in [5.74, 6) is 1.92. The Morgan fingerprint density at radius 1 is 1.30 bits per heavy atom. The van der Waals surface area contributed by atoms with Crippen LogP contribution in [-0.4, -0.2) is 34.1 Å². The smallest absolute Gasteiger partial charge is 0.113 e. The van der Waals surface area contributed by atoms with E-state index in [2.05, 4.69) is 29.4 Å². The van der Waals surface area contributed by atoms with Crippen molar-refractivity contribution in [2.24, 2.45) is 0 Å². The second-order valence-corrected chi connectivity index (χ2v) is 5.99. The minimum absolute atomic E-state index is 0.665. The third kappa shape index (κ3) is 2.70. The van der Waals surface area contributed by atoms with E-state index in [1.807, 2.05) is 12.1 Å². The topological polar surface area (TPSA) is 21.1 Å². The van der Waals surface area contributed by atoms with E-state index in [4.69, 9.17) is 16.6 Å². The van der Waals surface area contributed by atoms with Gasteiger partial charge in [-0.2, -0.15) is 0 Å². The summed E-state index contributed by atoms with van der Waals surface area (Å²) >= 11 is 6.16. The molecule has 1 fully saturated rings. The molecule has 0 bridgehead atoms. The minimum Gasteiger partial charge on any atom is -0.326 e. The third-order valence-corrected chi connectivity index (χ3v) is 4.45. The standard InChI is InChI=1S/C16H22ClN3/c1-3-19(4-2)9-10-20-15-11-13(17)7-8-14(15)18-16(20)12-5-6-12/h7-8,11-12H,3-6,9-10H2,1-2H3. The van der Waals surface area contributed by atoms with Gasteiger partial charge in [-0.3, -0.25) is 0 Å². The molecule has 108 valence electrons. The van der Waals surface area contributed by atoms with Gasteiger partial charge in [-0.1, -0.05) is 25.4 Å². The lowest BCUT2D eigenvalue weighted by molar-refractivity contribution is 0.290. The highest BCUT2D eigenvalue weighted by Gasteiger charge is 2.29. The zero-order chi connectivity index (χ0) is 14.1. The number of nitrogens with zero attached hydrogens (tertiary/aromatic N) is 3. The molecule has 3 rings (SSSR count). The van der Waals surface area contributed by atoms with Gasteiger partial charge in [0, 0.05) is 24.0 Å². The summed E-state index contributed by atoms with van der Waals surface area (Å²) in [6.07, 6.45) is 2.56. The van der Waals surface area contributed by atoms with E-state index in [-0.39, 0.29) is 0 Å². The van der Waals surface area contributed by atoms with Crippen molar-refractivity contribution in [1.29, 1.82) is 0 Å². The average Bonchev–Trinajstić information content (AvgIpc) is 3.23. The van der Waals surface area contributed by atoms with Crippen molar-refractivity contribution in [3.63, 3.8) is 0 Å². The molecule has 4 heteroatoms. The zero-order valence-electron chi connectivity index (χ0n) is 12.3. The molecule has 0 N–H and O–H groups in total. The summed E-state index contributed by atoms with van der Waals surface area (Å²) in [5.41, 5.74) is 2.27. The maximum absolute atomic E-state index is 6.16. The fourth-order valence-electron chi connectivity index (χ4n) is 2.78. The van der Waals surface area contributed by atoms with Gasteiger partial charge in [0.1, 0.15) is 5.82 Å². The van der Waals surface area contributed by atoms with Crippen LogP contribution in [0.2, 0.25) is 5.02 Å². The molecule has 0 unspecified atom stereocenters. The molecule has 20 heavy (non-hydrogen) atoms. The Labute approximate surface area is 125 Å². The number of fused-ring (bicyclic) bond motifs is 1. The molecule has 1 aromatic carbocycles. The second kappa shape index (κ2) is 5.74. The van der Waals surface area contributed by atoms with Crippen molar-refractivity contribution in [2.75, 3.05) is 19.6 Å². The van der Waals surface area contributed by atoms with Gasteiger partial charge in [-0.25, -0.2) is 4.98 Å². The Morgan fingerprint density at radius 2 is 2.05 bits per heavy atom. The summed E-state index contributed by atoms with van der Waals surface area (Å²) in [5, 5.41) is 0.795. The van der Waals surface area contributed by atoms with Gasteiger partial charge in [0.05, 0.1) is 11.0 Å². The Bertz CT molecular complexity index is 597. The van der Waals surface area contributed by atoms with Gasteiger partial charge >= 0.3 is 0 Å². The Kier molecular flexibility index (Phi) is 3.99. The maximum Gasteiger partial charge on any atom is 0.113 e. The van der Waals surface area contributed by atoms with Gasteiger partial charge in [-0.05, 0) is 44.1 Å². The SMILES string of the molecule is CCN(CC)CCn1c(C2CC2)nc2ccc(Cl)cc21. The molecular weight excluding hydrogens is 270 g/mol. The molecule has 0 spiro atoms. The van der Waals surface area contributed by atoms with Crippen LogP contribution in [0.25, 0.3) is 11.0 Å². The monoisotopic (exact) mass is 291 g/mol. The lowest BCUT2D eigenvalue weighted by Crippen LogP contribution is -2.27. The number of benzene rings is 1. The van der Waals surface area contributed by atoms with Crippen LogP contribution in [-0.2, 0) is 6.54 Å². The Hall–Kier alpha value is -1.06. The first kappa shape index (κ1) is 13.9.